The molecule has 0 fully saturated rings. The van der Waals surface area contributed by atoms with Gasteiger partial charge in [0.15, 0.2) is 0 Å². The van der Waals surface area contributed by atoms with Crippen molar-refractivity contribution in [3.8, 4) is 0 Å². The van der Waals surface area contributed by atoms with Crippen LogP contribution in [0, 0.1) is 0 Å². The summed E-state index contributed by atoms with van der Waals surface area (Å²) in [5.41, 5.74) is -0.146. The third kappa shape index (κ3) is 4.06. The Balaban J connectivity index is 2.69. The van der Waals surface area contributed by atoms with Crippen LogP contribution in [0.1, 0.15) is 27.2 Å². The highest BCUT2D eigenvalue weighted by atomic mass is 16.3. The predicted octanol–water partition coefficient (Wildman–Crippen LogP) is 2.09. The van der Waals surface area contributed by atoms with Crippen molar-refractivity contribution >= 4 is 11.6 Å². The van der Waals surface area contributed by atoms with E-state index in [-0.39, 0.29) is 12.1 Å². The zero-order valence-electron chi connectivity index (χ0n) is 10.2. The summed E-state index contributed by atoms with van der Waals surface area (Å²) in [6, 6.07) is 5.83. The van der Waals surface area contributed by atoms with Crippen LogP contribution < -0.4 is 10.6 Å². The van der Waals surface area contributed by atoms with Crippen LogP contribution >= 0.6 is 0 Å². The summed E-state index contributed by atoms with van der Waals surface area (Å²) in [6.45, 7) is 7.16. The van der Waals surface area contributed by atoms with Crippen molar-refractivity contribution in [2.75, 3.05) is 23.8 Å². The Morgan fingerprint density at radius 2 is 2.00 bits per heavy atom. The fourth-order valence-corrected chi connectivity index (χ4v) is 1.47. The average Bonchev–Trinajstić information content (AvgIpc) is 2.17. The van der Waals surface area contributed by atoms with E-state index in [0.29, 0.717) is 6.42 Å². The van der Waals surface area contributed by atoms with E-state index in [0.717, 1.165) is 18.2 Å². The number of nitrogens with one attached hydrogen (secondary N) is 2. The molecule has 1 heterocycles. The Morgan fingerprint density at radius 3 is 2.62 bits per heavy atom. The van der Waals surface area contributed by atoms with Gasteiger partial charge in [0.2, 0.25) is 0 Å². The molecule has 16 heavy (non-hydrogen) atoms. The lowest BCUT2D eigenvalue weighted by atomic mass is 10.0. The van der Waals surface area contributed by atoms with E-state index in [9.17, 15) is 0 Å². The molecule has 0 aromatic carbocycles. The molecule has 4 nitrogen and oxygen atoms in total. The van der Waals surface area contributed by atoms with Crippen molar-refractivity contribution in [2.24, 2.45) is 0 Å². The lowest BCUT2D eigenvalue weighted by Crippen LogP contribution is -2.32. The number of aliphatic hydroxyl groups is 1. The molecular formula is C12H21N3O. The molecule has 0 bridgehead atoms. The molecule has 0 aliphatic rings. The fourth-order valence-electron chi connectivity index (χ4n) is 1.47. The SMILES string of the molecule is CCNc1cccc(NC(C)(C)CCO)n1. The molecule has 0 amide bonds. The molecule has 0 saturated carbocycles. The predicted molar refractivity (Wildman–Crippen MR) is 67.8 cm³/mol. The Hall–Kier alpha value is -1.29. The molecule has 1 rings (SSSR count). The number of hydrogen-bond acceptors (Lipinski definition) is 4. The number of anilines is 2. The van der Waals surface area contributed by atoms with Crippen molar-refractivity contribution in [1.82, 2.24) is 4.98 Å². The highest BCUT2D eigenvalue weighted by Crippen LogP contribution is 2.17. The van der Waals surface area contributed by atoms with Gasteiger partial charge in [-0.05, 0) is 39.3 Å². The van der Waals surface area contributed by atoms with Crippen molar-refractivity contribution in [1.29, 1.82) is 0 Å². The zero-order chi connectivity index (χ0) is 12.0. The lowest BCUT2D eigenvalue weighted by molar-refractivity contribution is 0.260. The third-order valence-corrected chi connectivity index (χ3v) is 2.31. The normalized spacial score (nSPS) is 11.2. The molecule has 1 aromatic heterocycles. The maximum absolute atomic E-state index is 8.95. The van der Waals surface area contributed by atoms with Crippen LogP contribution in [0.25, 0.3) is 0 Å². The molecule has 0 spiro atoms. The van der Waals surface area contributed by atoms with Gasteiger partial charge in [-0.15, -0.1) is 0 Å². The Bertz CT molecular complexity index is 326. The van der Waals surface area contributed by atoms with Gasteiger partial charge in [0.05, 0.1) is 0 Å². The standard InChI is InChI=1S/C12H21N3O/c1-4-13-10-6-5-7-11(14-10)15-12(2,3)8-9-16/h5-7,16H,4,8-9H2,1-3H3,(H2,13,14,15). The molecule has 0 saturated heterocycles. The fraction of sp³-hybridized carbons (Fsp3) is 0.583. The minimum atomic E-state index is -0.146. The smallest absolute Gasteiger partial charge is 0.128 e. The molecule has 0 radical (unpaired) electrons. The number of rotatable bonds is 6. The van der Waals surface area contributed by atoms with Gasteiger partial charge in [-0.2, -0.15) is 0 Å². The van der Waals surface area contributed by atoms with Crippen molar-refractivity contribution < 1.29 is 5.11 Å². The molecule has 0 atom stereocenters. The van der Waals surface area contributed by atoms with E-state index in [1.165, 1.54) is 0 Å². The number of aliphatic hydroxyl groups excluding tert-OH is 1. The summed E-state index contributed by atoms with van der Waals surface area (Å²) < 4.78 is 0. The third-order valence-electron chi connectivity index (χ3n) is 2.31. The van der Waals surface area contributed by atoms with Gasteiger partial charge in [0.1, 0.15) is 11.6 Å². The second-order valence-electron chi connectivity index (χ2n) is 4.42. The molecule has 90 valence electrons. The molecule has 1 aromatic rings. The van der Waals surface area contributed by atoms with Gasteiger partial charge in [0, 0.05) is 18.7 Å². The quantitative estimate of drug-likeness (QED) is 0.691. The first kappa shape index (κ1) is 12.8. The number of nitrogens with zero attached hydrogens (tertiary/aromatic N) is 1. The van der Waals surface area contributed by atoms with Crippen LogP contribution in [0.4, 0.5) is 11.6 Å². The largest absolute Gasteiger partial charge is 0.396 e. The van der Waals surface area contributed by atoms with Crippen LogP contribution in [0.2, 0.25) is 0 Å². The molecule has 3 N–H and O–H groups in total. The van der Waals surface area contributed by atoms with E-state index >= 15 is 0 Å². The average molecular weight is 223 g/mol. The first-order valence-corrected chi connectivity index (χ1v) is 5.67. The maximum Gasteiger partial charge on any atom is 0.128 e. The van der Waals surface area contributed by atoms with Crippen LogP contribution in [0.15, 0.2) is 18.2 Å². The monoisotopic (exact) mass is 223 g/mol. The van der Waals surface area contributed by atoms with Gasteiger partial charge >= 0.3 is 0 Å². The molecule has 0 aliphatic heterocycles. The topological polar surface area (TPSA) is 57.2 Å². The van der Waals surface area contributed by atoms with Gasteiger partial charge in [-0.3, -0.25) is 0 Å². The van der Waals surface area contributed by atoms with Crippen molar-refractivity contribution in [3.63, 3.8) is 0 Å². The highest BCUT2D eigenvalue weighted by Gasteiger charge is 2.16. The maximum atomic E-state index is 8.95. The van der Waals surface area contributed by atoms with E-state index < -0.39 is 0 Å². The van der Waals surface area contributed by atoms with Crippen LogP contribution in [0.5, 0.6) is 0 Å². The molecule has 4 heteroatoms. The zero-order valence-corrected chi connectivity index (χ0v) is 10.2. The molecule has 0 aliphatic carbocycles. The van der Waals surface area contributed by atoms with Gasteiger partial charge in [-0.25, -0.2) is 4.98 Å². The lowest BCUT2D eigenvalue weighted by Gasteiger charge is -2.26. The minimum Gasteiger partial charge on any atom is -0.396 e. The molecular weight excluding hydrogens is 202 g/mol. The second kappa shape index (κ2) is 5.70. The van der Waals surface area contributed by atoms with E-state index in [1.54, 1.807) is 0 Å². The van der Waals surface area contributed by atoms with Crippen LogP contribution in [-0.4, -0.2) is 28.8 Å². The van der Waals surface area contributed by atoms with Gasteiger partial charge < -0.3 is 15.7 Å². The summed E-state index contributed by atoms with van der Waals surface area (Å²) in [5.74, 6) is 1.70. The summed E-state index contributed by atoms with van der Waals surface area (Å²) in [7, 11) is 0. The second-order valence-corrected chi connectivity index (χ2v) is 4.42. The Morgan fingerprint density at radius 1 is 1.31 bits per heavy atom. The van der Waals surface area contributed by atoms with E-state index in [4.69, 9.17) is 5.11 Å². The summed E-state index contributed by atoms with van der Waals surface area (Å²) in [4.78, 5) is 4.43. The number of aromatic nitrogens is 1. The summed E-state index contributed by atoms with van der Waals surface area (Å²) in [5, 5.41) is 15.4. The van der Waals surface area contributed by atoms with Gasteiger partial charge in [-0.1, -0.05) is 6.07 Å². The number of pyridine rings is 1. The van der Waals surface area contributed by atoms with E-state index in [1.807, 2.05) is 39.0 Å². The summed E-state index contributed by atoms with van der Waals surface area (Å²) in [6.07, 6.45) is 0.695. The summed E-state index contributed by atoms with van der Waals surface area (Å²) >= 11 is 0. The van der Waals surface area contributed by atoms with E-state index in [2.05, 4.69) is 15.6 Å². The molecule has 0 unspecified atom stereocenters. The van der Waals surface area contributed by atoms with Crippen molar-refractivity contribution in [2.45, 2.75) is 32.7 Å². The Kier molecular flexibility index (Phi) is 4.55. The van der Waals surface area contributed by atoms with Crippen LogP contribution in [0.3, 0.4) is 0 Å². The Labute approximate surface area is 97.1 Å². The first-order valence-electron chi connectivity index (χ1n) is 5.67. The van der Waals surface area contributed by atoms with Crippen LogP contribution in [-0.2, 0) is 0 Å². The van der Waals surface area contributed by atoms with Gasteiger partial charge in [0.25, 0.3) is 0 Å². The minimum absolute atomic E-state index is 0.146. The first-order chi connectivity index (χ1) is 7.57. The highest BCUT2D eigenvalue weighted by molar-refractivity contribution is 5.46. The number of hydrogen-bond donors (Lipinski definition) is 3. The van der Waals surface area contributed by atoms with Crippen molar-refractivity contribution in [3.05, 3.63) is 18.2 Å².